The van der Waals surface area contributed by atoms with Crippen LogP contribution < -0.4 is 10.6 Å². The SMILES string of the molecule is CN(C)C(=O)c1ccc(N(CCN)C2CCC2)nn1. The van der Waals surface area contributed by atoms with Gasteiger partial charge in [0.1, 0.15) is 0 Å². The first kappa shape index (κ1) is 13.7. The Labute approximate surface area is 113 Å². The van der Waals surface area contributed by atoms with E-state index in [2.05, 4.69) is 15.1 Å². The highest BCUT2D eigenvalue weighted by molar-refractivity contribution is 5.91. The number of anilines is 1. The molecule has 2 N–H and O–H groups in total. The molecule has 1 amide bonds. The number of hydrogen-bond donors (Lipinski definition) is 1. The van der Waals surface area contributed by atoms with Crippen LogP contribution in [-0.2, 0) is 0 Å². The van der Waals surface area contributed by atoms with E-state index in [1.165, 1.54) is 24.2 Å². The van der Waals surface area contributed by atoms with Crippen LogP contribution in [0, 0.1) is 0 Å². The molecule has 104 valence electrons. The van der Waals surface area contributed by atoms with E-state index in [4.69, 9.17) is 5.73 Å². The van der Waals surface area contributed by atoms with Crippen LogP contribution in [0.2, 0.25) is 0 Å². The lowest BCUT2D eigenvalue weighted by Gasteiger charge is -2.38. The van der Waals surface area contributed by atoms with E-state index in [1.807, 2.05) is 6.07 Å². The average Bonchev–Trinajstić information content (AvgIpc) is 2.35. The number of nitrogens with zero attached hydrogens (tertiary/aromatic N) is 4. The van der Waals surface area contributed by atoms with Crippen LogP contribution in [0.15, 0.2) is 12.1 Å². The molecule has 1 heterocycles. The van der Waals surface area contributed by atoms with Gasteiger partial charge in [-0.3, -0.25) is 4.79 Å². The zero-order valence-electron chi connectivity index (χ0n) is 11.5. The third kappa shape index (κ3) is 3.01. The van der Waals surface area contributed by atoms with Gasteiger partial charge in [0.25, 0.3) is 5.91 Å². The lowest BCUT2D eigenvalue weighted by Crippen LogP contribution is -2.43. The molecule has 6 heteroatoms. The molecule has 0 saturated heterocycles. The van der Waals surface area contributed by atoms with Gasteiger partial charge in [-0.25, -0.2) is 0 Å². The number of nitrogens with two attached hydrogens (primary N) is 1. The van der Waals surface area contributed by atoms with Gasteiger partial charge in [0, 0.05) is 33.2 Å². The molecule has 0 spiro atoms. The summed E-state index contributed by atoms with van der Waals surface area (Å²) >= 11 is 0. The predicted octanol–water partition coefficient (Wildman–Crippen LogP) is 0.496. The number of rotatable bonds is 5. The molecule has 1 aromatic heterocycles. The van der Waals surface area contributed by atoms with Crippen molar-refractivity contribution in [2.45, 2.75) is 25.3 Å². The third-order valence-electron chi connectivity index (χ3n) is 3.46. The number of carbonyl (C=O) groups excluding carboxylic acids is 1. The summed E-state index contributed by atoms with van der Waals surface area (Å²) < 4.78 is 0. The summed E-state index contributed by atoms with van der Waals surface area (Å²) in [4.78, 5) is 15.4. The lowest BCUT2D eigenvalue weighted by molar-refractivity contribution is 0.0821. The zero-order valence-corrected chi connectivity index (χ0v) is 11.5. The van der Waals surface area contributed by atoms with Gasteiger partial charge < -0.3 is 15.5 Å². The predicted molar refractivity (Wildman–Crippen MR) is 74.1 cm³/mol. The molecule has 1 aliphatic carbocycles. The fourth-order valence-electron chi connectivity index (χ4n) is 2.14. The highest BCUT2D eigenvalue weighted by Gasteiger charge is 2.25. The van der Waals surface area contributed by atoms with Gasteiger partial charge in [0.05, 0.1) is 0 Å². The topological polar surface area (TPSA) is 75.4 Å². The summed E-state index contributed by atoms with van der Waals surface area (Å²) in [5, 5.41) is 8.20. The van der Waals surface area contributed by atoms with Gasteiger partial charge in [-0.05, 0) is 31.4 Å². The van der Waals surface area contributed by atoms with Crippen LogP contribution in [0.5, 0.6) is 0 Å². The van der Waals surface area contributed by atoms with E-state index in [1.54, 1.807) is 20.2 Å². The van der Waals surface area contributed by atoms with Gasteiger partial charge >= 0.3 is 0 Å². The van der Waals surface area contributed by atoms with Gasteiger partial charge in [0.2, 0.25) is 0 Å². The molecule has 1 fully saturated rings. The van der Waals surface area contributed by atoms with E-state index in [-0.39, 0.29) is 5.91 Å². The van der Waals surface area contributed by atoms with Crippen LogP contribution in [0.1, 0.15) is 29.8 Å². The molecule has 0 aromatic carbocycles. The highest BCUT2D eigenvalue weighted by Crippen LogP contribution is 2.27. The molecule has 0 atom stereocenters. The molecule has 2 rings (SSSR count). The normalized spacial score (nSPS) is 14.9. The summed E-state index contributed by atoms with van der Waals surface area (Å²) in [5.41, 5.74) is 6.02. The monoisotopic (exact) mass is 263 g/mol. The second-order valence-corrected chi connectivity index (χ2v) is 5.04. The van der Waals surface area contributed by atoms with E-state index >= 15 is 0 Å². The first-order valence-electron chi connectivity index (χ1n) is 6.65. The highest BCUT2D eigenvalue weighted by atomic mass is 16.2. The van der Waals surface area contributed by atoms with E-state index in [0.29, 0.717) is 18.3 Å². The second-order valence-electron chi connectivity index (χ2n) is 5.04. The maximum Gasteiger partial charge on any atom is 0.273 e. The Morgan fingerprint density at radius 1 is 1.37 bits per heavy atom. The van der Waals surface area contributed by atoms with Crippen LogP contribution in [-0.4, -0.2) is 54.2 Å². The van der Waals surface area contributed by atoms with Crippen molar-refractivity contribution in [2.75, 3.05) is 32.1 Å². The molecule has 19 heavy (non-hydrogen) atoms. The summed E-state index contributed by atoms with van der Waals surface area (Å²) in [7, 11) is 3.40. The van der Waals surface area contributed by atoms with Crippen LogP contribution in [0.3, 0.4) is 0 Å². The fraction of sp³-hybridized carbons (Fsp3) is 0.615. The molecule has 0 radical (unpaired) electrons. The average molecular weight is 263 g/mol. The smallest absolute Gasteiger partial charge is 0.273 e. The van der Waals surface area contributed by atoms with Crippen molar-refractivity contribution in [1.82, 2.24) is 15.1 Å². The number of carbonyl (C=O) groups is 1. The summed E-state index contributed by atoms with van der Waals surface area (Å²) in [6.07, 6.45) is 3.62. The van der Waals surface area contributed by atoms with E-state index in [9.17, 15) is 4.79 Å². The summed E-state index contributed by atoms with van der Waals surface area (Å²) in [5.74, 6) is 0.679. The minimum Gasteiger partial charge on any atom is -0.351 e. The first-order valence-corrected chi connectivity index (χ1v) is 6.65. The van der Waals surface area contributed by atoms with Crippen molar-refractivity contribution in [3.63, 3.8) is 0 Å². The number of hydrogen-bond acceptors (Lipinski definition) is 5. The van der Waals surface area contributed by atoms with Gasteiger partial charge in [0.15, 0.2) is 11.5 Å². The van der Waals surface area contributed by atoms with Crippen molar-refractivity contribution in [3.05, 3.63) is 17.8 Å². The molecule has 6 nitrogen and oxygen atoms in total. The van der Waals surface area contributed by atoms with Crippen molar-refractivity contribution < 1.29 is 4.79 Å². The Morgan fingerprint density at radius 3 is 2.53 bits per heavy atom. The molecule has 1 aromatic rings. The lowest BCUT2D eigenvalue weighted by atomic mass is 9.91. The van der Waals surface area contributed by atoms with Crippen molar-refractivity contribution >= 4 is 11.7 Å². The minimum atomic E-state index is -0.131. The van der Waals surface area contributed by atoms with Crippen molar-refractivity contribution in [3.8, 4) is 0 Å². The molecule has 1 saturated carbocycles. The van der Waals surface area contributed by atoms with Crippen LogP contribution in [0.4, 0.5) is 5.82 Å². The summed E-state index contributed by atoms with van der Waals surface area (Å²) in [6.45, 7) is 1.37. The molecule has 1 aliphatic rings. The first-order chi connectivity index (χ1) is 9.13. The van der Waals surface area contributed by atoms with E-state index in [0.717, 1.165) is 12.4 Å². The molecular formula is C13H21N5O. The second kappa shape index (κ2) is 5.97. The van der Waals surface area contributed by atoms with Crippen molar-refractivity contribution in [2.24, 2.45) is 5.73 Å². The number of amides is 1. The van der Waals surface area contributed by atoms with Crippen LogP contribution >= 0.6 is 0 Å². The molecular weight excluding hydrogens is 242 g/mol. The Hall–Kier alpha value is -1.69. The third-order valence-corrected chi connectivity index (χ3v) is 3.46. The van der Waals surface area contributed by atoms with Gasteiger partial charge in [-0.2, -0.15) is 0 Å². The van der Waals surface area contributed by atoms with Crippen LogP contribution in [0.25, 0.3) is 0 Å². The fourth-order valence-corrected chi connectivity index (χ4v) is 2.14. The maximum atomic E-state index is 11.7. The molecule has 0 unspecified atom stereocenters. The summed E-state index contributed by atoms with van der Waals surface area (Å²) in [6, 6.07) is 4.11. The Bertz CT molecular complexity index is 427. The maximum absolute atomic E-state index is 11.7. The van der Waals surface area contributed by atoms with E-state index < -0.39 is 0 Å². The van der Waals surface area contributed by atoms with Crippen molar-refractivity contribution in [1.29, 1.82) is 0 Å². The number of aromatic nitrogens is 2. The van der Waals surface area contributed by atoms with Gasteiger partial charge in [-0.1, -0.05) is 0 Å². The Balaban J connectivity index is 2.13. The zero-order chi connectivity index (χ0) is 13.8. The molecule has 0 bridgehead atoms. The largest absolute Gasteiger partial charge is 0.351 e. The standard InChI is InChI=1S/C13H21N5O/c1-17(2)13(19)11-6-7-12(16-15-11)18(9-8-14)10-4-3-5-10/h6-7,10H,3-5,8-9,14H2,1-2H3. The Kier molecular flexibility index (Phi) is 4.31. The Morgan fingerprint density at radius 2 is 2.11 bits per heavy atom. The minimum absolute atomic E-state index is 0.131. The quantitative estimate of drug-likeness (QED) is 0.837. The molecule has 0 aliphatic heterocycles. The van der Waals surface area contributed by atoms with Gasteiger partial charge in [-0.15, -0.1) is 10.2 Å².